The van der Waals surface area contributed by atoms with E-state index in [4.69, 9.17) is 4.52 Å². The minimum Gasteiger partial charge on any atom is -0.338 e. The van der Waals surface area contributed by atoms with Crippen LogP contribution < -0.4 is 0 Å². The highest BCUT2D eigenvalue weighted by atomic mass is 16.5. The second kappa shape index (κ2) is 9.87. The number of aryl methyl sites for hydroxylation is 2. The second-order valence-electron chi connectivity index (χ2n) is 9.07. The first-order valence-electron chi connectivity index (χ1n) is 12.0. The van der Waals surface area contributed by atoms with Gasteiger partial charge in [0.15, 0.2) is 0 Å². The fraction of sp³-hybridized carbons (Fsp3) is 0.296. The predicted molar refractivity (Wildman–Crippen MR) is 134 cm³/mol. The Morgan fingerprint density at radius 1 is 0.917 bits per heavy atom. The number of nitrogens with zero attached hydrogens (tertiary/aromatic N) is 6. The van der Waals surface area contributed by atoms with Crippen molar-refractivity contribution in [3.63, 3.8) is 0 Å². The molecule has 1 aliphatic rings. The third-order valence-electron chi connectivity index (χ3n) is 6.51. The van der Waals surface area contributed by atoms with Crippen LogP contribution in [0, 0.1) is 20.8 Å². The number of aromatic nitrogens is 4. The largest absolute Gasteiger partial charge is 0.338 e. The number of benzene rings is 2. The Balaban J connectivity index is 1.20. The number of carbonyl (C=O) groups excluding carboxylic acids is 2. The lowest BCUT2D eigenvalue weighted by atomic mass is 10.1. The molecule has 3 heterocycles. The normalized spacial score (nSPS) is 14.2. The lowest BCUT2D eigenvalue weighted by Gasteiger charge is -2.33. The Hall–Kier alpha value is -4.11. The summed E-state index contributed by atoms with van der Waals surface area (Å²) in [5, 5.41) is 8.60. The third kappa shape index (κ3) is 4.70. The average molecular weight is 485 g/mol. The summed E-state index contributed by atoms with van der Waals surface area (Å²) < 4.78 is 7.15. The maximum Gasteiger partial charge on any atom is 0.295 e. The Labute approximate surface area is 209 Å². The summed E-state index contributed by atoms with van der Waals surface area (Å²) in [7, 11) is 0. The summed E-state index contributed by atoms with van der Waals surface area (Å²) in [6, 6.07) is 17.6. The quantitative estimate of drug-likeness (QED) is 0.306. The van der Waals surface area contributed by atoms with Crippen LogP contribution in [0.2, 0.25) is 0 Å². The molecule has 184 valence electrons. The summed E-state index contributed by atoms with van der Waals surface area (Å²) in [4.78, 5) is 34.5. The van der Waals surface area contributed by atoms with Gasteiger partial charge in [-0.2, -0.15) is 10.1 Å². The van der Waals surface area contributed by atoms with Gasteiger partial charge >= 0.3 is 0 Å². The molecule has 0 atom stereocenters. The molecule has 2 aromatic carbocycles. The van der Waals surface area contributed by atoms with E-state index < -0.39 is 11.7 Å². The number of piperazine rings is 1. The van der Waals surface area contributed by atoms with E-state index in [1.165, 1.54) is 5.56 Å². The van der Waals surface area contributed by atoms with Gasteiger partial charge in [0.05, 0.1) is 29.2 Å². The van der Waals surface area contributed by atoms with Crippen molar-refractivity contribution in [2.75, 3.05) is 26.2 Å². The van der Waals surface area contributed by atoms with Gasteiger partial charge in [-0.1, -0.05) is 53.2 Å². The summed E-state index contributed by atoms with van der Waals surface area (Å²) in [5.41, 5.74) is 4.52. The Morgan fingerprint density at radius 3 is 2.31 bits per heavy atom. The van der Waals surface area contributed by atoms with Gasteiger partial charge in [-0.05, 0) is 32.9 Å². The van der Waals surface area contributed by atoms with E-state index in [9.17, 15) is 9.59 Å². The van der Waals surface area contributed by atoms with Gasteiger partial charge in [0.25, 0.3) is 11.7 Å². The number of carbonyl (C=O) groups is 2. The maximum atomic E-state index is 13.2. The van der Waals surface area contributed by atoms with Gasteiger partial charge in [0.2, 0.25) is 11.7 Å². The molecular weight excluding hydrogens is 456 g/mol. The lowest BCUT2D eigenvalue weighted by molar-refractivity contribution is -0.128. The molecule has 1 fully saturated rings. The highest BCUT2D eigenvalue weighted by molar-refractivity contribution is 6.43. The SMILES string of the molecule is Cc1ccc(-c2noc(CN3CCN(C(=O)C(=O)c4c(C)nn(-c5ccccc5)c4C)CC3)n2)cc1. The van der Waals surface area contributed by atoms with Crippen LogP contribution in [0.25, 0.3) is 17.1 Å². The van der Waals surface area contributed by atoms with Crippen LogP contribution in [-0.2, 0) is 11.3 Å². The average Bonchev–Trinajstić information content (AvgIpc) is 3.48. The lowest BCUT2D eigenvalue weighted by Crippen LogP contribution is -2.50. The standard InChI is InChI=1S/C27H28N6O3/c1-18-9-11-21(12-10-18)26-28-23(36-30-26)17-31-13-15-32(16-14-31)27(35)25(34)24-19(2)29-33(20(24)3)22-7-5-4-6-8-22/h4-12H,13-17H2,1-3H3. The molecule has 36 heavy (non-hydrogen) atoms. The van der Waals surface area contributed by atoms with Crippen molar-refractivity contribution in [3.05, 3.63) is 83.0 Å². The first kappa shape index (κ1) is 23.6. The smallest absolute Gasteiger partial charge is 0.295 e. The van der Waals surface area contributed by atoms with Crippen molar-refractivity contribution in [1.82, 2.24) is 29.7 Å². The van der Waals surface area contributed by atoms with Gasteiger partial charge < -0.3 is 9.42 Å². The maximum absolute atomic E-state index is 13.2. The zero-order valence-corrected chi connectivity index (χ0v) is 20.6. The van der Waals surface area contributed by atoms with Crippen molar-refractivity contribution in [3.8, 4) is 17.1 Å². The molecule has 4 aromatic rings. The van der Waals surface area contributed by atoms with Crippen LogP contribution >= 0.6 is 0 Å². The minimum absolute atomic E-state index is 0.376. The zero-order valence-electron chi connectivity index (χ0n) is 20.6. The molecule has 1 amide bonds. The van der Waals surface area contributed by atoms with Crippen molar-refractivity contribution < 1.29 is 14.1 Å². The molecule has 1 aliphatic heterocycles. The van der Waals surface area contributed by atoms with Crippen LogP contribution in [-0.4, -0.2) is 67.6 Å². The van der Waals surface area contributed by atoms with E-state index in [-0.39, 0.29) is 0 Å². The Morgan fingerprint density at radius 2 is 1.61 bits per heavy atom. The van der Waals surface area contributed by atoms with Gasteiger partial charge in [0.1, 0.15) is 0 Å². The molecule has 0 bridgehead atoms. The Kier molecular flexibility index (Phi) is 6.47. The van der Waals surface area contributed by atoms with Gasteiger partial charge in [-0.25, -0.2) is 4.68 Å². The highest BCUT2D eigenvalue weighted by Crippen LogP contribution is 2.20. The molecule has 0 radical (unpaired) electrons. The fourth-order valence-corrected chi connectivity index (χ4v) is 4.48. The number of hydrogen-bond acceptors (Lipinski definition) is 7. The van der Waals surface area contributed by atoms with Crippen molar-refractivity contribution in [2.45, 2.75) is 27.3 Å². The summed E-state index contributed by atoms with van der Waals surface area (Å²) >= 11 is 0. The first-order chi connectivity index (χ1) is 17.4. The first-order valence-corrected chi connectivity index (χ1v) is 12.0. The number of rotatable bonds is 6. The summed E-state index contributed by atoms with van der Waals surface area (Å²) in [6.07, 6.45) is 0. The molecular formula is C27H28N6O3. The van der Waals surface area contributed by atoms with Crippen molar-refractivity contribution in [2.24, 2.45) is 0 Å². The topological polar surface area (TPSA) is 97.4 Å². The monoisotopic (exact) mass is 484 g/mol. The van der Waals surface area contributed by atoms with Crippen molar-refractivity contribution in [1.29, 1.82) is 0 Å². The molecule has 5 rings (SSSR count). The second-order valence-corrected chi connectivity index (χ2v) is 9.07. The zero-order chi connectivity index (χ0) is 25.2. The number of hydrogen-bond donors (Lipinski definition) is 0. The van der Waals surface area contributed by atoms with Crippen LogP contribution in [0.15, 0.2) is 59.1 Å². The van der Waals surface area contributed by atoms with Crippen LogP contribution in [0.4, 0.5) is 0 Å². The van der Waals surface area contributed by atoms with Crippen LogP contribution in [0.1, 0.15) is 33.2 Å². The van der Waals surface area contributed by atoms with Crippen LogP contribution in [0.5, 0.6) is 0 Å². The molecule has 1 saturated heterocycles. The molecule has 0 spiro atoms. The van der Waals surface area contributed by atoms with E-state index >= 15 is 0 Å². The number of Topliss-reactive ketones (excluding diaryl/α,β-unsaturated/α-hetero) is 1. The molecule has 9 heteroatoms. The van der Waals surface area contributed by atoms with Gasteiger partial charge in [-0.3, -0.25) is 14.5 Å². The Bertz CT molecular complexity index is 1380. The molecule has 2 aromatic heterocycles. The van der Waals surface area contributed by atoms with Crippen LogP contribution in [0.3, 0.4) is 0 Å². The van der Waals surface area contributed by atoms with E-state index in [0.717, 1.165) is 11.3 Å². The summed E-state index contributed by atoms with van der Waals surface area (Å²) in [5.74, 6) is 0.0837. The van der Waals surface area contributed by atoms with Gasteiger partial charge in [-0.15, -0.1) is 0 Å². The number of ketones is 1. The van der Waals surface area contributed by atoms with Gasteiger partial charge in [0, 0.05) is 31.7 Å². The fourth-order valence-electron chi connectivity index (χ4n) is 4.48. The molecule has 0 aliphatic carbocycles. The molecule has 0 unspecified atom stereocenters. The minimum atomic E-state index is -0.514. The number of amides is 1. The number of para-hydroxylation sites is 1. The highest BCUT2D eigenvalue weighted by Gasteiger charge is 2.31. The molecule has 0 saturated carbocycles. The molecule has 0 N–H and O–H groups in total. The third-order valence-corrected chi connectivity index (χ3v) is 6.51. The summed E-state index contributed by atoms with van der Waals surface area (Å²) in [6.45, 7) is 8.25. The molecule has 9 nitrogen and oxygen atoms in total. The predicted octanol–water partition coefficient (Wildman–Crippen LogP) is 3.37. The van der Waals surface area contributed by atoms with Crippen molar-refractivity contribution >= 4 is 11.7 Å². The van der Waals surface area contributed by atoms with E-state index in [1.54, 1.807) is 16.5 Å². The van der Waals surface area contributed by atoms with E-state index in [0.29, 0.717) is 61.4 Å². The van der Waals surface area contributed by atoms with E-state index in [1.807, 2.05) is 68.4 Å². The van der Waals surface area contributed by atoms with E-state index in [2.05, 4.69) is 20.1 Å².